The summed E-state index contributed by atoms with van der Waals surface area (Å²) < 4.78 is 0. The molecule has 5 heteroatoms. The fourth-order valence-electron chi connectivity index (χ4n) is 1.80. The molecule has 0 spiro atoms. The number of likely N-dealkylation sites (N-methyl/N-ethyl adjacent to an activating group) is 1. The van der Waals surface area contributed by atoms with Gasteiger partial charge in [-0.05, 0) is 11.8 Å². The summed E-state index contributed by atoms with van der Waals surface area (Å²) in [5.41, 5.74) is -0.00378. The Balaban J connectivity index is 4.64. The Hall–Kier alpha value is -1.26. The summed E-state index contributed by atoms with van der Waals surface area (Å²) in [5.74, 6) is -0.965. The number of aliphatic carboxylic acids is 1. The van der Waals surface area contributed by atoms with Crippen molar-refractivity contribution < 1.29 is 14.7 Å². The van der Waals surface area contributed by atoms with Crippen LogP contribution in [0.1, 0.15) is 34.1 Å². The average molecular weight is 244 g/mol. The smallest absolute Gasteiger partial charge is 0.326 e. The third-order valence-electron chi connectivity index (χ3n) is 2.48. The van der Waals surface area contributed by atoms with Crippen molar-refractivity contribution in [2.45, 2.75) is 40.2 Å². The molecule has 1 unspecified atom stereocenters. The summed E-state index contributed by atoms with van der Waals surface area (Å²) >= 11 is 0. The maximum Gasteiger partial charge on any atom is 0.326 e. The minimum Gasteiger partial charge on any atom is -0.480 e. The molecule has 0 aromatic carbocycles. The lowest BCUT2D eigenvalue weighted by Crippen LogP contribution is -2.49. The van der Waals surface area contributed by atoms with Gasteiger partial charge in [-0.2, -0.15) is 0 Å². The van der Waals surface area contributed by atoms with Gasteiger partial charge < -0.3 is 14.9 Å². The van der Waals surface area contributed by atoms with E-state index in [1.54, 1.807) is 18.9 Å². The SMILES string of the molecule is CCC(C(=O)O)N(C)C(=O)N(C)CC(C)(C)C. The summed E-state index contributed by atoms with van der Waals surface area (Å²) in [5, 5.41) is 8.99. The monoisotopic (exact) mass is 244 g/mol. The first-order valence-electron chi connectivity index (χ1n) is 5.81. The predicted octanol–water partition coefficient (Wildman–Crippen LogP) is 1.88. The summed E-state index contributed by atoms with van der Waals surface area (Å²) in [6, 6.07) is -1.01. The Labute approximate surface area is 103 Å². The zero-order valence-corrected chi connectivity index (χ0v) is 11.6. The molecule has 0 heterocycles. The number of hydrogen-bond donors (Lipinski definition) is 1. The molecule has 0 bridgehead atoms. The van der Waals surface area contributed by atoms with Gasteiger partial charge in [-0.25, -0.2) is 9.59 Å². The molecular formula is C12H24N2O3. The van der Waals surface area contributed by atoms with Gasteiger partial charge >= 0.3 is 12.0 Å². The average Bonchev–Trinajstić information content (AvgIpc) is 2.14. The summed E-state index contributed by atoms with van der Waals surface area (Å²) in [4.78, 5) is 25.8. The second kappa shape index (κ2) is 5.89. The summed E-state index contributed by atoms with van der Waals surface area (Å²) in [6.45, 7) is 8.44. The lowest BCUT2D eigenvalue weighted by molar-refractivity contribution is -0.142. The second-order valence-electron chi connectivity index (χ2n) is 5.57. The Morgan fingerprint density at radius 2 is 1.71 bits per heavy atom. The van der Waals surface area contributed by atoms with E-state index < -0.39 is 12.0 Å². The number of amides is 2. The molecule has 5 nitrogen and oxygen atoms in total. The number of hydrogen-bond acceptors (Lipinski definition) is 2. The molecule has 0 aliphatic rings. The van der Waals surface area contributed by atoms with Crippen molar-refractivity contribution in [3.63, 3.8) is 0 Å². The van der Waals surface area contributed by atoms with E-state index in [0.717, 1.165) is 0 Å². The molecule has 0 fully saturated rings. The van der Waals surface area contributed by atoms with Crippen LogP contribution in [0.5, 0.6) is 0 Å². The van der Waals surface area contributed by atoms with Crippen LogP contribution in [0.3, 0.4) is 0 Å². The van der Waals surface area contributed by atoms with E-state index in [1.807, 2.05) is 20.8 Å². The second-order valence-corrected chi connectivity index (χ2v) is 5.57. The van der Waals surface area contributed by atoms with E-state index >= 15 is 0 Å². The third kappa shape index (κ3) is 5.06. The van der Waals surface area contributed by atoms with E-state index in [4.69, 9.17) is 5.11 Å². The van der Waals surface area contributed by atoms with Gasteiger partial charge in [0.05, 0.1) is 0 Å². The Morgan fingerprint density at radius 1 is 1.24 bits per heavy atom. The fraction of sp³-hybridized carbons (Fsp3) is 0.833. The van der Waals surface area contributed by atoms with Crippen LogP contribution in [0.2, 0.25) is 0 Å². The molecule has 0 saturated heterocycles. The van der Waals surface area contributed by atoms with Crippen molar-refractivity contribution >= 4 is 12.0 Å². The molecule has 0 aromatic heterocycles. The first-order chi connectivity index (χ1) is 7.60. The molecule has 0 aliphatic heterocycles. The maximum absolute atomic E-state index is 12.0. The lowest BCUT2D eigenvalue weighted by atomic mass is 9.96. The van der Waals surface area contributed by atoms with E-state index in [2.05, 4.69) is 0 Å². The van der Waals surface area contributed by atoms with Crippen molar-refractivity contribution in [1.29, 1.82) is 0 Å². The number of rotatable bonds is 4. The molecule has 0 aromatic rings. The Kier molecular flexibility index (Phi) is 5.45. The fourth-order valence-corrected chi connectivity index (χ4v) is 1.80. The van der Waals surface area contributed by atoms with Crippen LogP contribution < -0.4 is 0 Å². The van der Waals surface area contributed by atoms with E-state index in [0.29, 0.717) is 13.0 Å². The van der Waals surface area contributed by atoms with Crippen LogP contribution >= 0.6 is 0 Å². The quantitative estimate of drug-likeness (QED) is 0.821. The standard InChI is InChI=1S/C12H24N2O3/c1-7-9(10(15)16)14(6)11(17)13(5)8-12(2,3)4/h9H,7-8H2,1-6H3,(H,15,16). The predicted molar refractivity (Wildman–Crippen MR) is 67.0 cm³/mol. The number of carbonyl (C=O) groups is 2. The minimum atomic E-state index is -0.965. The molecule has 2 amide bonds. The van der Waals surface area contributed by atoms with E-state index in [1.165, 1.54) is 11.9 Å². The number of carbonyl (C=O) groups excluding carboxylic acids is 1. The van der Waals surface area contributed by atoms with Gasteiger partial charge in [0.15, 0.2) is 0 Å². The Morgan fingerprint density at radius 3 is 2.00 bits per heavy atom. The van der Waals surface area contributed by atoms with Gasteiger partial charge in [0.1, 0.15) is 6.04 Å². The van der Waals surface area contributed by atoms with Crippen LogP contribution in [-0.2, 0) is 4.79 Å². The van der Waals surface area contributed by atoms with Crippen molar-refractivity contribution in [1.82, 2.24) is 9.80 Å². The topological polar surface area (TPSA) is 60.9 Å². The van der Waals surface area contributed by atoms with Crippen LogP contribution in [0.4, 0.5) is 4.79 Å². The van der Waals surface area contributed by atoms with Crippen molar-refractivity contribution in [3.05, 3.63) is 0 Å². The molecular weight excluding hydrogens is 220 g/mol. The first-order valence-corrected chi connectivity index (χ1v) is 5.81. The molecule has 17 heavy (non-hydrogen) atoms. The highest BCUT2D eigenvalue weighted by Crippen LogP contribution is 2.15. The van der Waals surface area contributed by atoms with Crippen molar-refractivity contribution in [2.24, 2.45) is 5.41 Å². The molecule has 100 valence electrons. The lowest BCUT2D eigenvalue weighted by Gasteiger charge is -2.32. The number of carboxylic acids is 1. The van der Waals surface area contributed by atoms with Gasteiger partial charge in [0.2, 0.25) is 0 Å². The normalized spacial score (nSPS) is 13.1. The summed E-state index contributed by atoms with van der Waals surface area (Å²) in [6.07, 6.45) is 0.404. The van der Waals surface area contributed by atoms with Gasteiger partial charge in [0, 0.05) is 20.6 Å². The van der Waals surface area contributed by atoms with Gasteiger partial charge in [0.25, 0.3) is 0 Å². The zero-order valence-electron chi connectivity index (χ0n) is 11.6. The van der Waals surface area contributed by atoms with Gasteiger partial charge in [-0.3, -0.25) is 0 Å². The number of nitrogens with zero attached hydrogens (tertiary/aromatic N) is 2. The van der Waals surface area contributed by atoms with Crippen molar-refractivity contribution in [2.75, 3.05) is 20.6 Å². The highest BCUT2D eigenvalue weighted by Gasteiger charge is 2.28. The first kappa shape index (κ1) is 15.7. The number of urea groups is 1. The van der Waals surface area contributed by atoms with Gasteiger partial charge in [-0.1, -0.05) is 27.7 Å². The molecule has 1 atom stereocenters. The van der Waals surface area contributed by atoms with Crippen LogP contribution in [0.25, 0.3) is 0 Å². The highest BCUT2D eigenvalue weighted by atomic mass is 16.4. The Bertz CT molecular complexity index is 284. The van der Waals surface area contributed by atoms with Crippen LogP contribution in [-0.4, -0.2) is 53.6 Å². The van der Waals surface area contributed by atoms with Gasteiger partial charge in [-0.15, -0.1) is 0 Å². The molecule has 0 rings (SSSR count). The minimum absolute atomic E-state index is 0.00378. The highest BCUT2D eigenvalue weighted by molar-refractivity contribution is 5.82. The molecule has 0 radical (unpaired) electrons. The van der Waals surface area contributed by atoms with Crippen LogP contribution in [0, 0.1) is 5.41 Å². The van der Waals surface area contributed by atoms with E-state index in [-0.39, 0.29) is 11.4 Å². The largest absolute Gasteiger partial charge is 0.480 e. The number of carboxylic acid groups (broad SMARTS) is 1. The maximum atomic E-state index is 12.0. The zero-order chi connectivity index (χ0) is 13.8. The van der Waals surface area contributed by atoms with Crippen LogP contribution in [0.15, 0.2) is 0 Å². The molecule has 1 N–H and O–H groups in total. The van der Waals surface area contributed by atoms with Crippen molar-refractivity contribution in [3.8, 4) is 0 Å². The molecule has 0 saturated carbocycles. The summed E-state index contributed by atoms with van der Waals surface area (Å²) in [7, 11) is 3.22. The third-order valence-corrected chi connectivity index (χ3v) is 2.48. The van der Waals surface area contributed by atoms with E-state index in [9.17, 15) is 9.59 Å². The molecule has 0 aliphatic carbocycles.